The standard InChI is InChI=1S/C11H18N2O2/c1-14-9-4-6-13(7-5-9)11-3-2-10(8-12)15-11/h2-3,9H,4-8,12H2,1H3. The van der Waals surface area contributed by atoms with Gasteiger partial charge in [-0.3, -0.25) is 0 Å². The summed E-state index contributed by atoms with van der Waals surface area (Å²) in [6, 6.07) is 3.94. The lowest BCUT2D eigenvalue weighted by Gasteiger charge is -2.30. The number of anilines is 1. The summed E-state index contributed by atoms with van der Waals surface area (Å²) in [6.07, 6.45) is 2.54. The van der Waals surface area contributed by atoms with Crippen molar-refractivity contribution in [3.63, 3.8) is 0 Å². The summed E-state index contributed by atoms with van der Waals surface area (Å²) in [5, 5.41) is 0. The molecule has 0 spiro atoms. The molecular weight excluding hydrogens is 192 g/mol. The normalized spacial score (nSPS) is 18.4. The number of rotatable bonds is 3. The van der Waals surface area contributed by atoms with E-state index >= 15 is 0 Å². The van der Waals surface area contributed by atoms with Crippen LogP contribution in [0.1, 0.15) is 18.6 Å². The number of hydrogen-bond acceptors (Lipinski definition) is 4. The first-order chi connectivity index (χ1) is 7.33. The van der Waals surface area contributed by atoms with Crippen LogP contribution in [0.2, 0.25) is 0 Å². The first kappa shape index (κ1) is 10.5. The number of nitrogens with zero attached hydrogens (tertiary/aromatic N) is 1. The average molecular weight is 210 g/mol. The van der Waals surface area contributed by atoms with E-state index in [2.05, 4.69) is 4.90 Å². The lowest BCUT2D eigenvalue weighted by Crippen LogP contribution is -2.36. The number of methoxy groups -OCH3 is 1. The van der Waals surface area contributed by atoms with Crippen LogP contribution in [0.25, 0.3) is 0 Å². The maximum atomic E-state index is 5.60. The van der Waals surface area contributed by atoms with E-state index in [4.69, 9.17) is 14.9 Å². The minimum atomic E-state index is 0.408. The molecule has 1 aliphatic heterocycles. The van der Waals surface area contributed by atoms with Gasteiger partial charge in [0, 0.05) is 26.3 Å². The van der Waals surface area contributed by atoms with Gasteiger partial charge in [-0.2, -0.15) is 0 Å². The van der Waals surface area contributed by atoms with Crippen molar-refractivity contribution in [1.29, 1.82) is 0 Å². The van der Waals surface area contributed by atoms with Gasteiger partial charge in [-0.1, -0.05) is 0 Å². The van der Waals surface area contributed by atoms with Crippen LogP contribution in [0.15, 0.2) is 16.5 Å². The largest absolute Gasteiger partial charge is 0.444 e. The molecule has 2 rings (SSSR count). The van der Waals surface area contributed by atoms with Gasteiger partial charge in [0.1, 0.15) is 5.76 Å². The highest BCUT2D eigenvalue weighted by atomic mass is 16.5. The number of ether oxygens (including phenoxy) is 1. The van der Waals surface area contributed by atoms with E-state index in [1.807, 2.05) is 12.1 Å². The molecule has 1 aliphatic rings. The van der Waals surface area contributed by atoms with Crippen molar-refractivity contribution in [3.05, 3.63) is 17.9 Å². The molecule has 0 bridgehead atoms. The number of nitrogens with two attached hydrogens (primary N) is 1. The summed E-state index contributed by atoms with van der Waals surface area (Å²) in [5.74, 6) is 1.78. The molecule has 0 aliphatic carbocycles. The predicted molar refractivity (Wildman–Crippen MR) is 58.8 cm³/mol. The third-order valence-corrected chi connectivity index (χ3v) is 2.94. The number of hydrogen-bond donors (Lipinski definition) is 1. The third-order valence-electron chi connectivity index (χ3n) is 2.94. The Morgan fingerprint density at radius 3 is 2.73 bits per heavy atom. The highest BCUT2D eigenvalue weighted by molar-refractivity contribution is 5.36. The highest BCUT2D eigenvalue weighted by Gasteiger charge is 2.20. The molecule has 1 aromatic heterocycles. The second-order valence-electron chi connectivity index (χ2n) is 3.87. The predicted octanol–water partition coefficient (Wildman–Crippen LogP) is 1.35. The number of piperidine rings is 1. The summed E-state index contributed by atoms with van der Waals surface area (Å²) >= 11 is 0. The van der Waals surface area contributed by atoms with E-state index < -0.39 is 0 Å². The molecular formula is C11H18N2O2. The topological polar surface area (TPSA) is 51.6 Å². The summed E-state index contributed by atoms with van der Waals surface area (Å²) < 4.78 is 10.9. The minimum absolute atomic E-state index is 0.408. The zero-order chi connectivity index (χ0) is 10.7. The molecule has 2 N–H and O–H groups in total. The maximum absolute atomic E-state index is 5.60. The zero-order valence-electron chi connectivity index (χ0n) is 9.11. The van der Waals surface area contributed by atoms with Crippen molar-refractivity contribution in [1.82, 2.24) is 0 Å². The Kier molecular flexibility index (Phi) is 3.28. The Labute approximate surface area is 90.0 Å². The van der Waals surface area contributed by atoms with Crippen LogP contribution in [-0.4, -0.2) is 26.3 Å². The van der Waals surface area contributed by atoms with Crippen molar-refractivity contribution in [3.8, 4) is 0 Å². The number of furan rings is 1. The lowest BCUT2D eigenvalue weighted by atomic mass is 10.1. The van der Waals surface area contributed by atoms with E-state index in [1.165, 1.54) is 0 Å². The Morgan fingerprint density at radius 2 is 2.20 bits per heavy atom. The van der Waals surface area contributed by atoms with Gasteiger partial charge in [-0.05, 0) is 18.9 Å². The quantitative estimate of drug-likeness (QED) is 0.818. The van der Waals surface area contributed by atoms with Crippen molar-refractivity contribution in [2.24, 2.45) is 5.73 Å². The van der Waals surface area contributed by atoms with Crippen LogP contribution < -0.4 is 10.6 Å². The smallest absolute Gasteiger partial charge is 0.195 e. The molecule has 1 fully saturated rings. The summed E-state index contributed by atoms with van der Waals surface area (Å²) in [5.41, 5.74) is 5.50. The van der Waals surface area contributed by atoms with Crippen molar-refractivity contribution < 1.29 is 9.15 Å². The van der Waals surface area contributed by atoms with Gasteiger partial charge in [0.2, 0.25) is 0 Å². The second-order valence-corrected chi connectivity index (χ2v) is 3.87. The molecule has 0 aromatic carbocycles. The lowest BCUT2D eigenvalue weighted by molar-refractivity contribution is 0.0812. The van der Waals surface area contributed by atoms with Crippen molar-refractivity contribution in [2.45, 2.75) is 25.5 Å². The van der Waals surface area contributed by atoms with Gasteiger partial charge in [0.15, 0.2) is 5.88 Å². The Morgan fingerprint density at radius 1 is 1.47 bits per heavy atom. The molecule has 2 heterocycles. The van der Waals surface area contributed by atoms with E-state index in [0.717, 1.165) is 37.6 Å². The molecule has 0 unspecified atom stereocenters. The molecule has 15 heavy (non-hydrogen) atoms. The van der Waals surface area contributed by atoms with E-state index in [-0.39, 0.29) is 0 Å². The van der Waals surface area contributed by atoms with Crippen molar-refractivity contribution >= 4 is 5.88 Å². The molecule has 0 radical (unpaired) electrons. The molecule has 84 valence electrons. The molecule has 1 saturated heterocycles. The molecule has 4 heteroatoms. The molecule has 0 amide bonds. The maximum Gasteiger partial charge on any atom is 0.195 e. The minimum Gasteiger partial charge on any atom is -0.444 e. The summed E-state index contributed by atoms with van der Waals surface area (Å²) in [6.45, 7) is 2.46. The highest BCUT2D eigenvalue weighted by Crippen LogP contribution is 2.23. The molecule has 1 aromatic rings. The van der Waals surface area contributed by atoms with Gasteiger partial charge >= 0.3 is 0 Å². The van der Waals surface area contributed by atoms with Gasteiger partial charge in [-0.15, -0.1) is 0 Å². The van der Waals surface area contributed by atoms with Gasteiger partial charge in [0.05, 0.1) is 12.6 Å². The van der Waals surface area contributed by atoms with Crippen LogP contribution in [-0.2, 0) is 11.3 Å². The van der Waals surface area contributed by atoms with E-state index in [0.29, 0.717) is 12.6 Å². The Balaban J connectivity index is 1.95. The molecule has 0 atom stereocenters. The van der Waals surface area contributed by atoms with Gasteiger partial charge < -0.3 is 19.8 Å². The van der Waals surface area contributed by atoms with Gasteiger partial charge in [-0.25, -0.2) is 0 Å². The van der Waals surface area contributed by atoms with Crippen molar-refractivity contribution in [2.75, 3.05) is 25.1 Å². The van der Waals surface area contributed by atoms with Crippen LogP contribution in [0, 0.1) is 0 Å². The SMILES string of the molecule is COC1CCN(c2ccc(CN)o2)CC1. The summed E-state index contributed by atoms with van der Waals surface area (Å²) in [4.78, 5) is 2.24. The van der Waals surface area contributed by atoms with Crippen LogP contribution in [0.3, 0.4) is 0 Å². The van der Waals surface area contributed by atoms with Crippen LogP contribution >= 0.6 is 0 Å². The van der Waals surface area contributed by atoms with Crippen LogP contribution in [0.4, 0.5) is 5.88 Å². The van der Waals surface area contributed by atoms with Crippen LogP contribution in [0.5, 0.6) is 0 Å². The van der Waals surface area contributed by atoms with E-state index in [9.17, 15) is 0 Å². The fourth-order valence-corrected chi connectivity index (χ4v) is 1.96. The zero-order valence-corrected chi connectivity index (χ0v) is 9.11. The van der Waals surface area contributed by atoms with Gasteiger partial charge in [0.25, 0.3) is 0 Å². The third kappa shape index (κ3) is 2.33. The fraction of sp³-hybridized carbons (Fsp3) is 0.636. The Bertz CT molecular complexity index is 303. The van der Waals surface area contributed by atoms with E-state index in [1.54, 1.807) is 7.11 Å². The Hall–Kier alpha value is -1.00. The summed E-state index contributed by atoms with van der Waals surface area (Å²) in [7, 11) is 1.78. The molecule has 0 saturated carbocycles. The average Bonchev–Trinajstić information content (AvgIpc) is 2.78. The molecule has 4 nitrogen and oxygen atoms in total. The first-order valence-electron chi connectivity index (χ1n) is 5.40. The monoisotopic (exact) mass is 210 g/mol. The second kappa shape index (κ2) is 4.68. The fourth-order valence-electron chi connectivity index (χ4n) is 1.96. The first-order valence-corrected chi connectivity index (χ1v) is 5.40.